The Morgan fingerprint density at radius 3 is 2.62 bits per heavy atom. The van der Waals surface area contributed by atoms with E-state index in [0.717, 1.165) is 31.6 Å². The number of amides is 3. The summed E-state index contributed by atoms with van der Waals surface area (Å²) < 4.78 is 0. The third-order valence-corrected chi connectivity index (χ3v) is 4.62. The summed E-state index contributed by atoms with van der Waals surface area (Å²) in [6.07, 6.45) is 3.54. The first kappa shape index (κ1) is 16.5. The lowest BCUT2D eigenvalue weighted by Crippen LogP contribution is -2.40. The minimum atomic E-state index is -0.264. The molecule has 3 amide bonds. The molecular weight excluding hydrogens is 306 g/mol. The summed E-state index contributed by atoms with van der Waals surface area (Å²) in [5, 5.41) is 2.72. The molecule has 1 N–H and O–H groups in total. The summed E-state index contributed by atoms with van der Waals surface area (Å²) in [5.41, 5.74) is 1.37. The topological polar surface area (TPSA) is 69.7 Å². The SMILES string of the molecule is CC(=O)Nc1cccc(N2CC(C(=O)N3CCCCC3)CC2=O)c1. The van der Waals surface area contributed by atoms with E-state index in [2.05, 4.69) is 5.32 Å². The maximum atomic E-state index is 12.6. The van der Waals surface area contributed by atoms with Crippen LogP contribution >= 0.6 is 0 Å². The highest BCUT2D eigenvalue weighted by Crippen LogP contribution is 2.28. The number of rotatable bonds is 3. The Kier molecular flexibility index (Phi) is 4.83. The van der Waals surface area contributed by atoms with Gasteiger partial charge in [-0.05, 0) is 37.5 Å². The van der Waals surface area contributed by atoms with Gasteiger partial charge in [-0.2, -0.15) is 0 Å². The lowest BCUT2D eigenvalue weighted by atomic mass is 10.0. The summed E-state index contributed by atoms with van der Waals surface area (Å²) in [7, 11) is 0. The van der Waals surface area contributed by atoms with Crippen molar-refractivity contribution in [2.24, 2.45) is 5.92 Å². The van der Waals surface area contributed by atoms with E-state index in [1.807, 2.05) is 11.0 Å². The second-order valence-electron chi connectivity index (χ2n) is 6.52. The molecule has 128 valence electrons. The normalized spacial score (nSPS) is 21.0. The average molecular weight is 329 g/mol. The second kappa shape index (κ2) is 7.03. The van der Waals surface area contributed by atoms with Crippen molar-refractivity contribution in [2.45, 2.75) is 32.6 Å². The lowest BCUT2D eigenvalue weighted by Gasteiger charge is -2.29. The zero-order valence-electron chi connectivity index (χ0n) is 14.0. The first-order chi connectivity index (χ1) is 11.5. The van der Waals surface area contributed by atoms with Crippen LogP contribution in [0.1, 0.15) is 32.6 Å². The zero-order chi connectivity index (χ0) is 17.1. The van der Waals surface area contributed by atoms with E-state index in [-0.39, 0.29) is 30.1 Å². The summed E-state index contributed by atoms with van der Waals surface area (Å²) in [5.74, 6) is -0.355. The molecule has 1 atom stereocenters. The fourth-order valence-electron chi connectivity index (χ4n) is 3.45. The Hall–Kier alpha value is -2.37. The molecule has 1 aromatic rings. The zero-order valence-corrected chi connectivity index (χ0v) is 14.0. The largest absolute Gasteiger partial charge is 0.342 e. The van der Waals surface area contributed by atoms with E-state index in [1.165, 1.54) is 13.3 Å². The number of nitrogens with one attached hydrogen (secondary N) is 1. The molecule has 2 saturated heterocycles. The van der Waals surface area contributed by atoms with E-state index in [1.54, 1.807) is 23.1 Å². The van der Waals surface area contributed by atoms with Gasteiger partial charge in [0.2, 0.25) is 17.7 Å². The fraction of sp³-hybridized carbons (Fsp3) is 0.500. The molecular formula is C18H23N3O3. The summed E-state index contributed by atoms with van der Waals surface area (Å²) in [4.78, 5) is 39.7. The van der Waals surface area contributed by atoms with Crippen molar-refractivity contribution in [1.82, 2.24) is 4.90 Å². The molecule has 6 nitrogen and oxygen atoms in total. The monoisotopic (exact) mass is 329 g/mol. The Morgan fingerprint density at radius 1 is 1.17 bits per heavy atom. The number of hydrogen-bond acceptors (Lipinski definition) is 3. The van der Waals surface area contributed by atoms with E-state index < -0.39 is 0 Å². The van der Waals surface area contributed by atoms with E-state index in [0.29, 0.717) is 12.2 Å². The lowest BCUT2D eigenvalue weighted by molar-refractivity contribution is -0.136. The molecule has 1 aromatic carbocycles. The third kappa shape index (κ3) is 3.58. The van der Waals surface area contributed by atoms with Crippen LogP contribution in [0.2, 0.25) is 0 Å². The van der Waals surface area contributed by atoms with Crippen LogP contribution in [0.15, 0.2) is 24.3 Å². The summed E-state index contributed by atoms with van der Waals surface area (Å²) >= 11 is 0. The Balaban J connectivity index is 1.70. The molecule has 2 heterocycles. The molecule has 0 aromatic heterocycles. The molecule has 6 heteroatoms. The van der Waals surface area contributed by atoms with Crippen LogP contribution in [-0.2, 0) is 14.4 Å². The molecule has 24 heavy (non-hydrogen) atoms. The van der Waals surface area contributed by atoms with Crippen LogP contribution in [-0.4, -0.2) is 42.3 Å². The third-order valence-electron chi connectivity index (χ3n) is 4.62. The molecule has 1 unspecified atom stereocenters. The molecule has 3 rings (SSSR count). The van der Waals surface area contributed by atoms with Crippen LogP contribution in [0.4, 0.5) is 11.4 Å². The molecule has 0 spiro atoms. The maximum absolute atomic E-state index is 12.6. The van der Waals surface area contributed by atoms with Gasteiger partial charge in [-0.3, -0.25) is 14.4 Å². The van der Waals surface area contributed by atoms with Gasteiger partial charge >= 0.3 is 0 Å². The van der Waals surface area contributed by atoms with Gasteiger partial charge in [-0.1, -0.05) is 6.07 Å². The highest BCUT2D eigenvalue weighted by atomic mass is 16.2. The van der Waals surface area contributed by atoms with Crippen molar-refractivity contribution in [3.8, 4) is 0 Å². The Morgan fingerprint density at radius 2 is 1.92 bits per heavy atom. The van der Waals surface area contributed by atoms with Gasteiger partial charge in [0.1, 0.15) is 0 Å². The van der Waals surface area contributed by atoms with Crippen molar-refractivity contribution < 1.29 is 14.4 Å². The first-order valence-electron chi connectivity index (χ1n) is 8.51. The van der Waals surface area contributed by atoms with E-state index in [9.17, 15) is 14.4 Å². The number of carbonyl (C=O) groups is 3. The average Bonchev–Trinajstić information content (AvgIpc) is 2.96. The molecule has 0 aliphatic carbocycles. The van der Waals surface area contributed by atoms with Crippen LogP contribution in [0.5, 0.6) is 0 Å². The maximum Gasteiger partial charge on any atom is 0.228 e. The molecule has 2 fully saturated rings. The standard InChI is InChI=1S/C18H23N3O3/c1-13(22)19-15-6-5-7-16(11-15)21-12-14(10-17(21)23)18(24)20-8-3-2-4-9-20/h5-7,11,14H,2-4,8-10,12H2,1H3,(H,19,22). The van der Waals surface area contributed by atoms with Gasteiger partial charge in [-0.25, -0.2) is 0 Å². The molecule has 0 radical (unpaired) electrons. The number of carbonyl (C=O) groups excluding carboxylic acids is 3. The van der Waals surface area contributed by atoms with E-state index >= 15 is 0 Å². The fourth-order valence-corrected chi connectivity index (χ4v) is 3.45. The molecule has 2 aliphatic rings. The van der Waals surface area contributed by atoms with Crippen molar-refractivity contribution in [2.75, 3.05) is 29.9 Å². The van der Waals surface area contributed by atoms with Crippen molar-refractivity contribution in [3.63, 3.8) is 0 Å². The summed E-state index contributed by atoms with van der Waals surface area (Å²) in [6, 6.07) is 7.18. The van der Waals surface area contributed by atoms with Crippen molar-refractivity contribution in [3.05, 3.63) is 24.3 Å². The minimum absolute atomic E-state index is 0.0367. The minimum Gasteiger partial charge on any atom is -0.342 e. The highest BCUT2D eigenvalue weighted by molar-refractivity contribution is 6.01. The predicted molar refractivity (Wildman–Crippen MR) is 91.6 cm³/mol. The van der Waals surface area contributed by atoms with Crippen LogP contribution in [0.25, 0.3) is 0 Å². The Bertz CT molecular complexity index is 653. The van der Waals surface area contributed by atoms with Crippen LogP contribution in [0.3, 0.4) is 0 Å². The smallest absolute Gasteiger partial charge is 0.228 e. The van der Waals surface area contributed by atoms with Crippen molar-refractivity contribution >= 4 is 29.1 Å². The number of piperidine rings is 1. The van der Waals surface area contributed by atoms with Crippen LogP contribution < -0.4 is 10.2 Å². The van der Waals surface area contributed by atoms with Gasteiger partial charge < -0.3 is 15.1 Å². The van der Waals surface area contributed by atoms with Gasteiger partial charge in [0.25, 0.3) is 0 Å². The number of nitrogens with zero attached hydrogens (tertiary/aromatic N) is 2. The second-order valence-corrected chi connectivity index (χ2v) is 6.52. The number of hydrogen-bond donors (Lipinski definition) is 1. The number of likely N-dealkylation sites (tertiary alicyclic amines) is 1. The van der Waals surface area contributed by atoms with Gasteiger partial charge in [0.15, 0.2) is 0 Å². The van der Waals surface area contributed by atoms with Gasteiger partial charge in [0, 0.05) is 44.4 Å². The molecule has 0 saturated carbocycles. The van der Waals surface area contributed by atoms with Gasteiger partial charge in [0.05, 0.1) is 5.92 Å². The van der Waals surface area contributed by atoms with Crippen molar-refractivity contribution in [1.29, 1.82) is 0 Å². The summed E-state index contributed by atoms with van der Waals surface area (Å²) in [6.45, 7) is 3.47. The van der Waals surface area contributed by atoms with Crippen LogP contribution in [0, 0.1) is 5.92 Å². The highest BCUT2D eigenvalue weighted by Gasteiger charge is 2.37. The number of benzene rings is 1. The van der Waals surface area contributed by atoms with Gasteiger partial charge in [-0.15, -0.1) is 0 Å². The first-order valence-corrected chi connectivity index (χ1v) is 8.51. The molecule has 2 aliphatic heterocycles. The molecule has 0 bridgehead atoms. The number of anilines is 2. The van der Waals surface area contributed by atoms with E-state index in [4.69, 9.17) is 0 Å². The predicted octanol–water partition coefficient (Wildman–Crippen LogP) is 2.01. The Labute approximate surface area is 141 Å². The quantitative estimate of drug-likeness (QED) is 0.922.